The van der Waals surface area contributed by atoms with E-state index in [2.05, 4.69) is 10.6 Å². The van der Waals surface area contributed by atoms with E-state index in [0.29, 0.717) is 16.9 Å². The van der Waals surface area contributed by atoms with Gasteiger partial charge in [-0.15, -0.1) is 0 Å². The number of aryl methyl sites for hydroxylation is 1. The Morgan fingerprint density at radius 2 is 1.76 bits per heavy atom. The molecule has 0 aromatic heterocycles. The summed E-state index contributed by atoms with van der Waals surface area (Å²) in [5.74, 6) is -0.674. The number of alkyl carbamates (subject to hydrolysis) is 1. The van der Waals surface area contributed by atoms with Gasteiger partial charge in [0.1, 0.15) is 11.6 Å². The SMILES string of the molecule is Cc1ccc(C(=O)N2CC(NC(=O)OC(C)(C)C)C(=O)Nc3ccccc32)cc1. The van der Waals surface area contributed by atoms with Crippen molar-refractivity contribution in [3.63, 3.8) is 0 Å². The molecular formula is C22H25N3O4. The number of amides is 3. The molecule has 2 N–H and O–H groups in total. The van der Waals surface area contributed by atoms with Crippen LogP contribution < -0.4 is 15.5 Å². The van der Waals surface area contributed by atoms with Crippen molar-refractivity contribution in [3.8, 4) is 0 Å². The van der Waals surface area contributed by atoms with Crippen LogP contribution in [0.3, 0.4) is 0 Å². The van der Waals surface area contributed by atoms with Crippen molar-refractivity contribution in [2.75, 3.05) is 16.8 Å². The highest BCUT2D eigenvalue weighted by atomic mass is 16.6. The van der Waals surface area contributed by atoms with E-state index in [4.69, 9.17) is 4.74 Å². The van der Waals surface area contributed by atoms with Crippen LogP contribution in [0, 0.1) is 6.92 Å². The number of anilines is 2. The Morgan fingerprint density at radius 3 is 2.41 bits per heavy atom. The van der Waals surface area contributed by atoms with Crippen LogP contribution in [-0.2, 0) is 9.53 Å². The number of carbonyl (C=O) groups excluding carboxylic acids is 3. The summed E-state index contributed by atoms with van der Waals surface area (Å²) in [6.07, 6.45) is -0.716. The highest BCUT2D eigenvalue weighted by Crippen LogP contribution is 2.30. The lowest BCUT2D eigenvalue weighted by molar-refractivity contribution is -0.117. The summed E-state index contributed by atoms with van der Waals surface area (Å²) in [4.78, 5) is 39.7. The summed E-state index contributed by atoms with van der Waals surface area (Å²) < 4.78 is 5.27. The van der Waals surface area contributed by atoms with Crippen LogP contribution in [0.25, 0.3) is 0 Å². The first-order valence-corrected chi connectivity index (χ1v) is 9.42. The third-order valence-electron chi connectivity index (χ3n) is 4.37. The highest BCUT2D eigenvalue weighted by Gasteiger charge is 2.33. The van der Waals surface area contributed by atoms with Crippen molar-refractivity contribution in [2.45, 2.75) is 39.3 Å². The van der Waals surface area contributed by atoms with Crippen molar-refractivity contribution in [2.24, 2.45) is 0 Å². The Morgan fingerprint density at radius 1 is 1.10 bits per heavy atom. The number of carbonyl (C=O) groups is 3. The van der Waals surface area contributed by atoms with Gasteiger partial charge < -0.3 is 20.3 Å². The van der Waals surface area contributed by atoms with E-state index in [1.807, 2.05) is 19.1 Å². The molecule has 0 bridgehead atoms. The average molecular weight is 395 g/mol. The van der Waals surface area contributed by atoms with Gasteiger partial charge in [-0.2, -0.15) is 0 Å². The van der Waals surface area contributed by atoms with E-state index in [1.54, 1.807) is 57.2 Å². The first-order valence-electron chi connectivity index (χ1n) is 9.42. The lowest BCUT2D eigenvalue weighted by Gasteiger charge is -2.26. The second-order valence-corrected chi connectivity index (χ2v) is 7.99. The van der Waals surface area contributed by atoms with Gasteiger partial charge in [-0.05, 0) is 52.0 Å². The standard InChI is InChI=1S/C22H25N3O4/c1-14-9-11-15(12-10-14)20(27)25-13-17(24-21(28)29-22(2,3)4)19(26)23-16-7-5-6-8-18(16)25/h5-12,17H,13H2,1-4H3,(H,23,26)(H,24,28). The van der Waals surface area contributed by atoms with E-state index < -0.39 is 23.6 Å². The molecule has 2 aromatic rings. The third kappa shape index (κ3) is 4.93. The van der Waals surface area contributed by atoms with Crippen molar-refractivity contribution in [1.29, 1.82) is 0 Å². The Labute approximate surface area is 170 Å². The Balaban J connectivity index is 1.92. The molecule has 0 aliphatic carbocycles. The number of hydrogen-bond donors (Lipinski definition) is 2. The summed E-state index contributed by atoms with van der Waals surface area (Å²) >= 11 is 0. The summed E-state index contributed by atoms with van der Waals surface area (Å²) in [5.41, 5.74) is 1.91. The fourth-order valence-corrected chi connectivity index (χ4v) is 3.00. The van der Waals surface area contributed by atoms with Gasteiger partial charge in [-0.1, -0.05) is 29.8 Å². The summed E-state index contributed by atoms with van der Waals surface area (Å²) in [7, 11) is 0. The lowest BCUT2D eigenvalue weighted by Crippen LogP contribution is -2.51. The minimum absolute atomic E-state index is 0.0190. The van der Waals surface area contributed by atoms with Gasteiger partial charge >= 0.3 is 6.09 Å². The van der Waals surface area contributed by atoms with Crippen LogP contribution in [0.2, 0.25) is 0 Å². The molecule has 1 atom stereocenters. The summed E-state index contributed by atoms with van der Waals surface area (Å²) in [6.45, 7) is 7.14. The molecular weight excluding hydrogens is 370 g/mol. The van der Waals surface area contributed by atoms with Crippen LogP contribution in [0.5, 0.6) is 0 Å². The first kappa shape index (κ1) is 20.4. The fourth-order valence-electron chi connectivity index (χ4n) is 3.00. The van der Waals surface area contributed by atoms with Gasteiger partial charge in [0.25, 0.3) is 5.91 Å². The molecule has 0 spiro atoms. The van der Waals surface area contributed by atoms with Gasteiger partial charge in [-0.3, -0.25) is 9.59 Å². The van der Waals surface area contributed by atoms with Gasteiger partial charge in [0.05, 0.1) is 17.9 Å². The summed E-state index contributed by atoms with van der Waals surface area (Å²) in [5, 5.41) is 5.36. The Kier molecular flexibility index (Phi) is 5.59. The van der Waals surface area contributed by atoms with Crippen molar-refractivity contribution < 1.29 is 19.1 Å². The van der Waals surface area contributed by atoms with Crippen LogP contribution in [0.15, 0.2) is 48.5 Å². The smallest absolute Gasteiger partial charge is 0.408 e. The maximum absolute atomic E-state index is 13.2. The monoisotopic (exact) mass is 395 g/mol. The molecule has 0 saturated heterocycles. The zero-order valence-corrected chi connectivity index (χ0v) is 17.0. The Bertz CT molecular complexity index is 932. The average Bonchev–Trinajstić information content (AvgIpc) is 2.77. The van der Waals surface area contributed by atoms with E-state index in [0.717, 1.165) is 5.56 Å². The molecule has 152 valence electrons. The number of benzene rings is 2. The molecule has 1 unspecified atom stereocenters. The summed E-state index contributed by atoms with van der Waals surface area (Å²) in [6, 6.07) is 13.3. The molecule has 7 nitrogen and oxygen atoms in total. The molecule has 0 radical (unpaired) electrons. The predicted molar refractivity (Wildman–Crippen MR) is 111 cm³/mol. The van der Waals surface area contributed by atoms with Gasteiger partial charge in [-0.25, -0.2) is 4.79 Å². The number of hydrogen-bond acceptors (Lipinski definition) is 4. The van der Waals surface area contributed by atoms with Crippen LogP contribution in [0.1, 0.15) is 36.7 Å². The number of fused-ring (bicyclic) bond motifs is 1. The third-order valence-corrected chi connectivity index (χ3v) is 4.37. The van der Waals surface area contributed by atoms with E-state index in [-0.39, 0.29) is 12.5 Å². The second kappa shape index (κ2) is 7.95. The zero-order valence-electron chi connectivity index (χ0n) is 17.0. The molecule has 0 fully saturated rings. The fraction of sp³-hybridized carbons (Fsp3) is 0.318. The topological polar surface area (TPSA) is 87.7 Å². The molecule has 1 aliphatic rings. The predicted octanol–water partition coefficient (Wildman–Crippen LogP) is 3.49. The molecule has 7 heteroatoms. The van der Waals surface area contributed by atoms with Crippen molar-refractivity contribution >= 4 is 29.3 Å². The van der Waals surface area contributed by atoms with Crippen molar-refractivity contribution in [1.82, 2.24) is 5.32 Å². The zero-order chi connectivity index (χ0) is 21.2. The quantitative estimate of drug-likeness (QED) is 0.815. The molecule has 1 heterocycles. The minimum atomic E-state index is -0.966. The van der Waals surface area contributed by atoms with E-state index in [1.165, 1.54) is 4.90 Å². The van der Waals surface area contributed by atoms with Crippen LogP contribution in [-0.4, -0.2) is 36.1 Å². The highest BCUT2D eigenvalue weighted by molar-refractivity contribution is 6.11. The number of ether oxygens (including phenoxy) is 1. The van der Waals surface area contributed by atoms with Crippen LogP contribution in [0.4, 0.5) is 16.2 Å². The van der Waals surface area contributed by atoms with Gasteiger partial charge in [0.2, 0.25) is 5.91 Å². The van der Waals surface area contributed by atoms with Crippen molar-refractivity contribution in [3.05, 3.63) is 59.7 Å². The number of rotatable bonds is 2. The molecule has 2 aromatic carbocycles. The minimum Gasteiger partial charge on any atom is -0.444 e. The van der Waals surface area contributed by atoms with Gasteiger partial charge in [0, 0.05) is 5.56 Å². The number of nitrogens with zero attached hydrogens (tertiary/aromatic N) is 1. The van der Waals surface area contributed by atoms with E-state index in [9.17, 15) is 14.4 Å². The number of nitrogens with one attached hydrogen (secondary N) is 2. The maximum atomic E-state index is 13.2. The molecule has 29 heavy (non-hydrogen) atoms. The molecule has 3 rings (SSSR count). The lowest BCUT2D eigenvalue weighted by atomic mass is 10.1. The largest absolute Gasteiger partial charge is 0.444 e. The molecule has 0 saturated carbocycles. The first-order chi connectivity index (χ1) is 13.6. The second-order valence-electron chi connectivity index (χ2n) is 7.99. The Hall–Kier alpha value is -3.35. The van der Waals surface area contributed by atoms with Crippen LogP contribution >= 0.6 is 0 Å². The molecule has 3 amide bonds. The maximum Gasteiger partial charge on any atom is 0.408 e. The van der Waals surface area contributed by atoms with Gasteiger partial charge in [0.15, 0.2) is 0 Å². The molecule has 1 aliphatic heterocycles. The van der Waals surface area contributed by atoms with E-state index >= 15 is 0 Å². The number of para-hydroxylation sites is 2. The normalized spacial score (nSPS) is 16.3.